The maximum Gasteiger partial charge on any atom is 0.315 e. The largest absolute Gasteiger partial charge is 0.360 e. The van der Waals surface area contributed by atoms with Gasteiger partial charge >= 0.3 is 11.8 Å². The van der Waals surface area contributed by atoms with Crippen LogP contribution in [0.5, 0.6) is 0 Å². The summed E-state index contributed by atoms with van der Waals surface area (Å²) in [4.78, 5) is 23.7. The van der Waals surface area contributed by atoms with Gasteiger partial charge in [0.15, 0.2) is 5.82 Å². The maximum atomic E-state index is 11.9. The van der Waals surface area contributed by atoms with Crippen LogP contribution < -0.4 is 10.6 Å². The molecule has 21 heavy (non-hydrogen) atoms. The topological polar surface area (TPSA) is 84.2 Å². The zero-order chi connectivity index (χ0) is 15.4. The molecule has 1 heterocycles. The van der Waals surface area contributed by atoms with E-state index in [1.807, 2.05) is 26.0 Å². The minimum atomic E-state index is -0.790. The average Bonchev–Trinajstić information content (AvgIpc) is 2.84. The highest BCUT2D eigenvalue weighted by atomic mass is 16.5. The van der Waals surface area contributed by atoms with Gasteiger partial charge < -0.3 is 9.84 Å². The predicted octanol–water partition coefficient (Wildman–Crippen LogP) is 2.68. The van der Waals surface area contributed by atoms with E-state index in [-0.39, 0.29) is 11.7 Å². The monoisotopic (exact) mass is 287 g/mol. The van der Waals surface area contributed by atoms with Crippen LogP contribution in [0.4, 0.5) is 11.5 Å². The number of para-hydroxylation sites is 1. The number of aromatic nitrogens is 1. The molecule has 0 unspecified atom stereocenters. The van der Waals surface area contributed by atoms with Gasteiger partial charge in [-0.3, -0.25) is 14.9 Å². The SMILES string of the molecule is Cc1cc(NC(=O)C(=O)Nc2ccccc2C(C)C)no1. The molecule has 0 saturated carbocycles. The predicted molar refractivity (Wildman–Crippen MR) is 79.0 cm³/mol. The number of aryl methyl sites for hydroxylation is 1. The van der Waals surface area contributed by atoms with E-state index in [4.69, 9.17) is 4.52 Å². The summed E-state index contributed by atoms with van der Waals surface area (Å²) in [5, 5.41) is 8.59. The number of carbonyl (C=O) groups excluding carboxylic acids is 2. The first-order chi connectivity index (χ1) is 9.97. The molecule has 6 heteroatoms. The van der Waals surface area contributed by atoms with Gasteiger partial charge in [0.1, 0.15) is 5.76 Å². The molecule has 110 valence electrons. The van der Waals surface area contributed by atoms with Crippen molar-refractivity contribution >= 4 is 23.3 Å². The minimum absolute atomic E-state index is 0.213. The Morgan fingerprint density at radius 3 is 2.43 bits per heavy atom. The van der Waals surface area contributed by atoms with Crippen molar-refractivity contribution in [3.05, 3.63) is 41.7 Å². The molecule has 0 bridgehead atoms. The van der Waals surface area contributed by atoms with Crippen LogP contribution >= 0.6 is 0 Å². The molecular weight excluding hydrogens is 270 g/mol. The molecule has 0 atom stereocenters. The van der Waals surface area contributed by atoms with Gasteiger partial charge in [-0.15, -0.1) is 0 Å². The lowest BCUT2D eigenvalue weighted by Crippen LogP contribution is -2.29. The summed E-state index contributed by atoms with van der Waals surface area (Å²) in [6, 6.07) is 8.91. The van der Waals surface area contributed by atoms with Crippen LogP contribution in [0.15, 0.2) is 34.9 Å². The van der Waals surface area contributed by atoms with E-state index in [9.17, 15) is 9.59 Å². The molecule has 0 saturated heterocycles. The van der Waals surface area contributed by atoms with E-state index in [0.717, 1.165) is 5.56 Å². The van der Waals surface area contributed by atoms with Gasteiger partial charge in [-0.1, -0.05) is 37.2 Å². The summed E-state index contributed by atoms with van der Waals surface area (Å²) in [7, 11) is 0. The second-order valence-electron chi connectivity index (χ2n) is 4.97. The third-order valence-corrected chi connectivity index (χ3v) is 2.91. The number of hydrogen-bond donors (Lipinski definition) is 2. The van der Waals surface area contributed by atoms with Crippen molar-refractivity contribution in [3.8, 4) is 0 Å². The number of rotatable bonds is 3. The fourth-order valence-electron chi connectivity index (χ4n) is 1.89. The van der Waals surface area contributed by atoms with Crippen LogP contribution in [0, 0.1) is 6.92 Å². The highest BCUT2D eigenvalue weighted by molar-refractivity contribution is 6.43. The lowest BCUT2D eigenvalue weighted by Gasteiger charge is -2.13. The van der Waals surface area contributed by atoms with Crippen LogP contribution in [0.25, 0.3) is 0 Å². The van der Waals surface area contributed by atoms with E-state index in [0.29, 0.717) is 11.4 Å². The number of benzene rings is 1. The molecule has 0 aliphatic heterocycles. The highest BCUT2D eigenvalue weighted by Gasteiger charge is 2.17. The van der Waals surface area contributed by atoms with Crippen molar-refractivity contribution in [2.24, 2.45) is 0 Å². The van der Waals surface area contributed by atoms with E-state index < -0.39 is 11.8 Å². The molecule has 2 amide bonds. The number of carbonyl (C=O) groups is 2. The molecule has 0 aliphatic carbocycles. The van der Waals surface area contributed by atoms with Crippen LogP contribution in [-0.4, -0.2) is 17.0 Å². The second kappa shape index (κ2) is 6.21. The number of anilines is 2. The van der Waals surface area contributed by atoms with Crippen molar-refractivity contribution in [2.75, 3.05) is 10.6 Å². The smallest absolute Gasteiger partial charge is 0.315 e. The van der Waals surface area contributed by atoms with E-state index in [1.165, 1.54) is 6.07 Å². The molecule has 1 aromatic heterocycles. The molecule has 0 fully saturated rings. The third kappa shape index (κ3) is 3.68. The van der Waals surface area contributed by atoms with Crippen LogP contribution in [0.1, 0.15) is 31.1 Å². The van der Waals surface area contributed by atoms with E-state index in [2.05, 4.69) is 15.8 Å². The Kier molecular flexibility index (Phi) is 4.37. The molecule has 0 aliphatic rings. The summed E-state index contributed by atoms with van der Waals surface area (Å²) in [6.45, 7) is 5.73. The summed E-state index contributed by atoms with van der Waals surface area (Å²) >= 11 is 0. The maximum absolute atomic E-state index is 11.9. The Labute approximate surface area is 122 Å². The zero-order valence-electron chi connectivity index (χ0n) is 12.1. The van der Waals surface area contributed by atoms with E-state index >= 15 is 0 Å². The first-order valence-electron chi connectivity index (χ1n) is 6.62. The second-order valence-corrected chi connectivity index (χ2v) is 4.97. The van der Waals surface area contributed by atoms with Crippen molar-refractivity contribution in [1.82, 2.24) is 5.16 Å². The summed E-state index contributed by atoms with van der Waals surface area (Å²) < 4.78 is 4.82. The molecule has 2 N–H and O–H groups in total. The molecule has 1 aromatic carbocycles. The van der Waals surface area contributed by atoms with Gasteiger partial charge in [0, 0.05) is 11.8 Å². The minimum Gasteiger partial charge on any atom is -0.360 e. The van der Waals surface area contributed by atoms with Crippen LogP contribution in [-0.2, 0) is 9.59 Å². The summed E-state index contributed by atoms with van der Waals surface area (Å²) in [5.74, 6) is -0.533. The number of hydrogen-bond acceptors (Lipinski definition) is 4. The standard InChI is InChI=1S/C15H17N3O3/c1-9(2)11-6-4-5-7-12(11)16-14(19)15(20)17-13-8-10(3)21-18-13/h4-9H,1-3H3,(H,16,19)(H,17,18,20). The number of amides is 2. The van der Waals surface area contributed by atoms with Crippen LogP contribution in [0.3, 0.4) is 0 Å². The zero-order valence-corrected chi connectivity index (χ0v) is 12.1. The van der Waals surface area contributed by atoms with Gasteiger partial charge in [-0.25, -0.2) is 0 Å². The van der Waals surface area contributed by atoms with Gasteiger partial charge in [0.2, 0.25) is 0 Å². The Morgan fingerprint density at radius 2 is 1.81 bits per heavy atom. The molecule has 2 aromatic rings. The summed E-state index contributed by atoms with van der Waals surface area (Å²) in [6.07, 6.45) is 0. The average molecular weight is 287 g/mol. The van der Waals surface area contributed by atoms with Crippen molar-refractivity contribution in [1.29, 1.82) is 0 Å². The number of nitrogens with one attached hydrogen (secondary N) is 2. The summed E-state index contributed by atoms with van der Waals surface area (Å²) in [5.41, 5.74) is 1.60. The van der Waals surface area contributed by atoms with Crippen molar-refractivity contribution < 1.29 is 14.1 Å². The lowest BCUT2D eigenvalue weighted by molar-refractivity contribution is -0.133. The lowest BCUT2D eigenvalue weighted by atomic mass is 10.0. The quantitative estimate of drug-likeness (QED) is 0.850. The third-order valence-electron chi connectivity index (χ3n) is 2.91. The molecule has 0 radical (unpaired) electrons. The van der Waals surface area contributed by atoms with Gasteiger partial charge in [0.25, 0.3) is 0 Å². The Hall–Kier alpha value is -2.63. The first-order valence-corrected chi connectivity index (χ1v) is 6.62. The molecular formula is C15H17N3O3. The Bertz CT molecular complexity index is 662. The Morgan fingerprint density at radius 1 is 1.14 bits per heavy atom. The molecule has 6 nitrogen and oxygen atoms in total. The fourth-order valence-corrected chi connectivity index (χ4v) is 1.89. The fraction of sp³-hybridized carbons (Fsp3) is 0.267. The number of nitrogens with zero attached hydrogens (tertiary/aromatic N) is 1. The van der Waals surface area contributed by atoms with Gasteiger partial charge in [0.05, 0.1) is 0 Å². The van der Waals surface area contributed by atoms with Crippen LogP contribution in [0.2, 0.25) is 0 Å². The normalized spacial score (nSPS) is 10.5. The van der Waals surface area contributed by atoms with Crippen molar-refractivity contribution in [3.63, 3.8) is 0 Å². The Balaban J connectivity index is 2.06. The highest BCUT2D eigenvalue weighted by Crippen LogP contribution is 2.23. The van der Waals surface area contributed by atoms with Gasteiger partial charge in [-0.2, -0.15) is 0 Å². The van der Waals surface area contributed by atoms with Gasteiger partial charge in [-0.05, 0) is 24.5 Å². The molecule has 0 spiro atoms. The first kappa shape index (κ1) is 14.8. The van der Waals surface area contributed by atoms with E-state index in [1.54, 1.807) is 19.1 Å². The molecule has 2 rings (SSSR count). The van der Waals surface area contributed by atoms with Crippen molar-refractivity contribution in [2.45, 2.75) is 26.7 Å².